The quantitative estimate of drug-likeness (QED) is 0.378. The molecule has 180 valence electrons. The van der Waals surface area contributed by atoms with Crippen molar-refractivity contribution >= 4 is 34.3 Å². The van der Waals surface area contributed by atoms with E-state index in [1.807, 2.05) is 26.0 Å². The summed E-state index contributed by atoms with van der Waals surface area (Å²) in [6.45, 7) is 7.93. The van der Waals surface area contributed by atoms with Crippen LogP contribution in [-0.2, 0) is 17.3 Å². The summed E-state index contributed by atoms with van der Waals surface area (Å²) < 4.78 is 20.8. The molecule has 0 radical (unpaired) electrons. The lowest BCUT2D eigenvalue weighted by Crippen LogP contribution is -2.13. The summed E-state index contributed by atoms with van der Waals surface area (Å²) in [6.07, 6.45) is 0.537. The molecule has 9 heteroatoms. The van der Waals surface area contributed by atoms with Crippen LogP contribution in [0.1, 0.15) is 49.7 Å². The Balaban J connectivity index is 1.81. The third kappa shape index (κ3) is 5.18. The molecule has 1 unspecified atom stereocenters. The molecule has 1 atom stereocenters. The van der Waals surface area contributed by atoms with Gasteiger partial charge in [0.25, 0.3) is 0 Å². The largest absolute Gasteiger partial charge is 0.494 e. The molecule has 0 bridgehead atoms. The predicted octanol–water partition coefficient (Wildman–Crippen LogP) is 5.41. The molecule has 1 aromatic heterocycles. The SMILES string of the molecule is Cc1cc(OCCCn2c(C)c(S(=O)c3ccc(C(=O)O)cc3)c(C)c2C(=O)O)cc(C)c1Cl. The van der Waals surface area contributed by atoms with Crippen LogP contribution in [-0.4, -0.2) is 37.5 Å². The number of aryl methyl sites for hydroxylation is 2. The van der Waals surface area contributed by atoms with Crippen LogP contribution >= 0.6 is 11.6 Å². The number of nitrogens with zero attached hydrogens (tertiary/aromatic N) is 1. The number of halogens is 1. The third-order valence-electron chi connectivity index (χ3n) is 5.61. The summed E-state index contributed by atoms with van der Waals surface area (Å²) in [4.78, 5) is 23.9. The number of ether oxygens (including phenoxy) is 1. The number of hydrogen-bond donors (Lipinski definition) is 2. The van der Waals surface area contributed by atoms with E-state index in [4.69, 9.17) is 21.4 Å². The van der Waals surface area contributed by atoms with Crippen LogP contribution < -0.4 is 4.74 Å². The maximum absolute atomic E-state index is 13.3. The van der Waals surface area contributed by atoms with Gasteiger partial charge in [0.1, 0.15) is 11.4 Å². The van der Waals surface area contributed by atoms with Crippen LogP contribution in [0.15, 0.2) is 46.2 Å². The highest BCUT2D eigenvalue weighted by Gasteiger charge is 2.26. The number of rotatable bonds is 9. The van der Waals surface area contributed by atoms with Crippen LogP contribution in [0.3, 0.4) is 0 Å². The second kappa shape index (κ2) is 10.4. The molecule has 34 heavy (non-hydrogen) atoms. The van der Waals surface area contributed by atoms with Gasteiger partial charge in [-0.2, -0.15) is 0 Å². The lowest BCUT2D eigenvalue weighted by Gasteiger charge is -2.12. The second-order valence-electron chi connectivity index (χ2n) is 8.02. The first-order valence-electron chi connectivity index (χ1n) is 10.6. The molecule has 1 heterocycles. The summed E-state index contributed by atoms with van der Waals surface area (Å²) >= 11 is 6.20. The molecular weight excluding hydrogens is 478 g/mol. The minimum absolute atomic E-state index is 0.0844. The van der Waals surface area contributed by atoms with Gasteiger partial charge in [-0.15, -0.1) is 0 Å². The number of carbonyl (C=O) groups is 2. The van der Waals surface area contributed by atoms with Crippen molar-refractivity contribution in [2.45, 2.75) is 50.5 Å². The lowest BCUT2D eigenvalue weighted by atomic mass is 10.1. The zero-order valence-corrected chi connectivity index (χ0v) is 20.9. The molecule has 2 aromatic carbocycles. The van der Waals surface area contributed by atoms with Gasteiger partial charge in [0.05, 0.1) is 27.9 Å². The van der Waals surface area contributed by atoms with Gasteiger partial charge in [0, 0.05) is 22.2 Å². The summed E-state index contributed by atoms with van der Waals surface area (Å²) in [5.41, 5.74) is 3.03. The van der Waals surface area contributed by atoms with Crippen LogP contribution in [0.2, 0.25) is 5.02 Å². The molecule has 0 saturated heterocycles. The van der Waals surface area contributed by atoms with E-state index in [9.17, 15) is 18.9 Å². The third-order valence-corrected chi connectivity index (χ3v) is 7.88. The normalized spacial score (nSPS) is 11.9. The van der Waals surface area contributed by atoms with E-state index in [1.54, 1.807) is 18.4 Å². The minimum Gasteiger partial charge on any atom is -0.494 e. The molecule has 0 aliphatic carbocycles. The Kier molecular flexibility index (Phi) is 7.84. The Hall–Kier alpha value is -3.10. The highest BCUT2D eigenvalue weighted by Crippen LogP contribution is 2.30. The summed E-state index contributed by atoms with van der Waals surface area (Å²) in [7, 11) is -1.66. The Bertz CT molecular complexity index is 1260. The van der Waals surface area contributed by atoms with E-state index in [0.717, 1.165) is 11.1 Å². The van der Waals surface area contributed by atoms with Gasteiger partial charge in [0.2, 0.25) is 0 Å². The first kappa shape index (κ1) is 25.5. The standard InChI is InChI=1S/C25H26ClNO6S/c1-14-12-19(13-15(2)21(14)26)33-11-5-10-27-17(4)23(16(3)22(27)25(30)31)34(32)20-8-6-18(7-9-20)24(28)29/h6-9,12-13H,5,10-11H2,1-4H3,(H,28,29)(H,30,31). The number of aromatic carboxylic acids is 2. The molecule has 7 nitrogen and oxygen atoms in total. The Morgan fingerprint density at radius 1 is 1.00 bits per heavy atom. The number of carboxylic acids is 2. The van der Waals surface area contributed by atoms with Crippen LogP contribution in [0.25, 0.3) is 0 Å². The number of hydrogen-bond acceptors (Lipinski definition) is 4. The predicted molar refractivity (Wildman–Crippen MR) is 130 cm³/mol. The van der Waals surface area contributed by atoms with Crippen LogP contribution in [0, 0.1) is 27.7 Å². The van der Waals surface area contributed by atoms with Crippen molar-refractivity contribution in [2.24, 2.45) is 0 Å². The molecular formula is C25H26ClNO6S. The zero-order valence-electron chi connectivity index (χ0n) is 19.3. The number of aromatic nitrogens is 1. The highest BCUT2D eigenvalue weighted by atomic mass is 35.5. The molecule has 3 rings (SSSR count). The van der Waals surface area contributed by atoms with Crippen molar-refractivity contribution in [3.63, 3.8) is 0 Å². The molecule has 0 amide bonds. The van der Waals surface area contributed by atoms with E-state index in [1.165, 1.54) is 24.3 Å². The maximum atomic E-state index is 13.3. The van der Waals surface area contributed by atoms with Crippen molar-refractivity contribution in [3.05, 3.63) is 75.1 Å². The van der Waals surface area contributed by atoms with E-state index in [-0.39, 0.29) is 11.3 Å². The van der Waals surface area contributed by atoms with Gasteiger partial charge in [-0.25, -0.2) is 13.8 Å². The summed E-state index contributed by atoms with van der Waals surface area (Å²) in [5, 5.41) is 19.6. The smallest absolute Gasteiger partial charge is 0.352 e. The first-order valence-corrected chi connectivity index (χ1v) is 12.1. The maximum Gasteiger partial charge on any atom is 0.352 e. The monoisotopic (exact) mass is 503 g/mol. The van der Waals surface area contributed by atoms with Crippen molar-refractivity contribution in [2.75, 3.05) is 6.61 Å². The molecule has 3 aromatic rings. The molecule has 0 spiro atoms. The molecule has 0 saturated carbocycles. The van der Waals surface area contributed by atoms with Crippen molar-refractivity contribution in [3.8, 4) is 5.75 Å². The topological polar surface area (TPSA) is 106 Å². The number of carboxylic acid groups (broad SMARTS) is 2. The lowest BCUT2D eigenvalue weighted by molar-refractivity contribution is 0.0677. The zero-order chi connectivity index (χ0) is 25.2. The average Bonchev–Trinajstić information content (AvgIpc) is 3.03. The molecule has 0 aliphatic heterocycles. The van der Waals surface area contributed by atoms with Crippen LogP contribution in [0.4, 0.5) is 0 Å². The van der Waals surface area contributed by atoms with Crippen molar-refractivity contribution < 1.29 is 28.7 Å². The van der Waals surface area contributed by atoms with Crippen molar-refractivity contribution in [1.29, 1.82) is 0 Å². The van der Waals surface area contributed by atoms with Gasteiger partial charge >= 0.3 is 11.9 Å². The fourth-order valence-corrected chi connectivity index (χ4v) is 5.42. The Morgan fingerprint density at radius 3 is 2.12 bits per heavy atom. The summed E-state index contributed by atoms with van der Waals surface area (Å²) in [5.74, 6) is -1.48. The van der Waals surface area contributed by atoms with Crippen LogP contribution in [0.5, 0.6) is 5.75 Å². The molecule has 2 N–H and O–H groups in total. The fraction of sp³-hybridized carbons (Fsp3) is 0.280. The highest BCUT2D eigenvalue weighted by molar-refractivity contribution is 7.85. The van der Waals surface area contributed by atoms with Crippen molar-refractivity contribution in [1.82, 2.24) is 4.57 Å². The van der Waals surface area contributed by atoms with Gasteiger partial charge in [-0.3, -0.25) is 0 Å². The van der Waals surface area contributed by atoms with Gasteiger partial charge in [-0.05, 0) is 87.2 Å². The fourth-order valence-electron chi connectivity index (χ4n) is 3.94. The Morgan fingerprint density at radius 2 is 1.59 bits per heavy atom. The van der Waals surface area contributed by atoms with E-state index >= 15 is 0 Å². The van der Waals surface area contributed by atoms with E-state index in [2.05, 4.69) is 0 Å². The van der Waals surface area contributed by atoms with Gasteiger partial charge in [0.15, 0.2) is 0 Å². The van der Waals surface area contributed by atoms with Gasteiger partial charge in [-0.1, -0.05) is 11.6 Å². The molecule has 0 fully saturated rings. The Labute approximate surface area is 205 Å². The second-order valence-corrected chi connectivity index (χ2v) is 9.81. The first-order chi connectivity index (χ1) is 16.0. The van der Waals surface area contributed by atoms with E-state index in [0.29, 0.717) is 51.4 Å². The van der Waals surface area contributed by atoms with E-state index < -0.39 is 22.7 Å². The minimum atomic E-state index is -1.66. The molecule has 0 aliphatic rings. The average molecular weight is 504 g/mol. The number of benzene rings is 2. The van der Waals surface area contributed by atoms with Gasteiger partial charge < -0.3 is 19.5 Å². The summed E-state index contributed by atoms with van der Waals surface area (Å²) in [6, 6.07) is 9.46.